The molecule has 5 heteroatoms. The summed E-state index contributed by atoms with van der Waals surface area (Å²) in [4.78, 5) is 0.126. The molecule has 2 aromatic rings. The van der Waals surface area contributed by atoms with E-state index in [9.17, 15) is 8.42 Å². The van der Waals surface area contributed by atoms with Gasteiger partial charge in [-0.1, -0.05) is 48.5 Å². The van der Waals surface area contributed by atoms with Crippen molar-refractivity contribution in [1.29, 1.82) is 0 Å². The van der Waals surface area contributed by atoms with Crippen LogP contribution in [0.5, 0.6) is 0 Å². The Hall–Kier alpha value is -1.69. The minimum Gasteiger partial charge on any atom is -0.325 e. The molecule has 4 nitrogen and oxygen atoms in total. The van der Waals surface area contributed by atoms with Gasteiger partial charge in [-0.25, -0.2) is 0 Å². The van der Waals surface area contributed by atoms with Crippen molar-refractivity contribution in [2.75, 3.05) is 0 Å². The molecule has 0 heterocycles. The Morgan fingerprint density at radius 2 is 1.45 bits per heavy atom. The predicted molar refractivity (Wildman–Crippen MR) is 77.5 cm³/mol. The number of hydrogen-bond donors (Lipinski definition) is 1. The van der Waals surface area contributed by atoms with E-state index in [-0.39, 0.29) is 4.90 Å². The highest BCUT2D eigenvalue weighted by Crippen LogP contribution is 2.25. The van der Waals surface area contributed by atoms with E-state index < -0.39 is 22.3 Å². The summed E-state index contributed by atoms with van der Waals surface area (Å²) in [6, 6.07) is 16.7. The summed E-state index contributed by atoms with van der Waals surface area (Å²) in [5.74, 6) is 0. The minimum atomic E-state index is -3.83. The summed E-state index contributed by atoms with van der Waals surface area (Å²) < 4.78 is 29.8. The molecule has 0 aliphatic heterocycles. The maximum atomic E-state index is 12.2. The summed E-state index contributed by atoms with van der Waals surface area (Å²) in [5, 5.41) is 0. The zero-order chi connectivity index (χ0) is 14.6. The van der Waals surface area contributed by atoms with Crippen LogP contribution in [0, 0.1) is 0 Å². The zero-order valence-corrected chi connectivity index (χ0v) is 12.0. The van der Waals surface area contributed by atoms with Crippen molar-refractivity contribution in [3.8, 4) is 0 Å². The lowest BCUT2D eigenvalue weighted by atomic mass is 10.0. The second kappa shape index (κ2) is 6.17. The lowest BCUT2D eigenvalue weighted by Crippen LogP contribution is -2.29. The molecule has 2 rings (SSSR count). The molecule has 0 spiro atoms. The highest BCUT2D eigenvalue weighted by Gasteiger charge is 2.25. The molecule has 0 bridgehead atoms. The highest BCUT2D eigenvalue weighted by molar-refractivity contribution is 7.86. The van der Waals surface area contributed by atoms with Gasteiger partial charge < -0.3 is 5.73 Å². The molecule has 0 saturated heterocycles. The molecular formula is C15H17NO3S. The second-order valence-corrected chi connectivity index (χ2v) is 6.13. The van der Waals surface area contributed by atoms with E-state index >= 15 is 0 Å². The van der Waals surface area contributed by atoms with Crippen molar-refractivity contribution in [3.05, 3.63) is 66.2 Å². The number of nitrogens with two attached hydrogens (primary N) is 1. The van der Waals surface area contributed by atoms with Crippen LogP contribution in [-0.2, 0) is 14.3 Å². The Balaban J connectivity index is 2.30. The first-order chi connectivity index (χ1) is 9.50. The Kier molecular flexibility index (Phi) is 4.54. The molecule has 0 aliphatic rings. The van der Waals surface area contributed by atoms with Crippen molar-refractivity contribution >= 4 is 10.1 Å². The molecule has 0 aromatic heterocycles. The Morgan fingerprint density at radius 3 is 1.95 bits per heavy atom. The fourth-order valence-corrected chi connectivity index (χ4v) is 3.03. The fourth-order valence-electron chi connectivity index (χ4n) is 1.87. The summed E-state index contributed by atoms with van der Waals surface area (Å²) in [5.41, 5.74) is 6.60. The molecule has 0 saturated carbocycles. The van der Waals surface area contributed by atoms with Crippen LogP contribution in [0.15, 0.2) is 65.6 Å². The molecule has 0 fully saturated rings. The SMILES string of the molecule is CC(N)[C@@H](OS(=O)(=O)c1ccccc1)c1ccccc1. The van der Waals surface area contributed by atoms with Gasteiger partial charge in [0.2, 0.25) is 0 Å². The quantitative estimate of drug-likeness (QED) is 0.859. The molecule has 1 unspecified atom stereocenters. The molecule has 2 aromatic carbocycles. The van der Waals surface area contributed by atoms with Gasteiger partial charge >= 0.3 is 0 Å². The average Bonchev–Trinajstić information content (AvgIpc) is 2.46. The monoisotopic (exact) mass is 291 g/mol. The molecule has 0 amide bonds. The molecule has 20 heavy (non-hydrogen) atoms. The van der Waals surface area contributed by atoms with Crippen LogP contribution < -0.4 is 5.73 Å². The summed E-state index contributed by atoms with van der Waals surface area (Å²) in [6.07, 6.45) is -0.707. The normalized spacial score (nSPS) is 14.7. The lowest BCUT2D eigenvalue weighted by Gasteiger charge is -2.21. The molecule has 106 valence electrons. The predicted octanol–water partition coefficient (Wildman–Crippen LogP) is 2.48. The van der Waals surface area contributed by atoms with Gasteiger partial charge in [0.05, 0.1) is 4.90 Å². The first kappa shape index (κ1) is 14.7. The van der Waals surface area contributed by atoms with Gasteiger partial charge in [0, 0.05) is 6.04 Å². The van der Waals surface area contributed by atoms with Crippen molar-refractivity contribution in [1.82, 2.24) is 0 Å². The number of hydrogen-bond acceptors (Lipinski definition) is 4. The number of rotatable bonds is 5. The Bertz CT molecular complexity index is 639. The first-order valence-corrected chi connectivity index (χ1v) is 7.70. The third-order valence-electron chi connectivity index (χ3n) is 2.87. The van der Waals surface area contributed by atoms with Crippen LogP contribution in [0.3, 0.4) is 0 Å². The molecule has 2 atom stereocenters. The average molecular weight is 291 g/mol. The smallest absolute Gasteiger partial charge is 0.297 e. The second-order valence-electron chi connectivity index (χ2n) is 4.55. The van der Waals surface area contributed by atoms with Gasteiger partial charge in [-0.2, -0.15) is 8.42 Å². The summed E-state index contributed by atoms with van der Waals surface area (Å²) >= 11 is 0. The van der Waals surface area contributed by atoms with Crippen molar-refractivity contribution in [2.45, 2.75) is 24.0 Å². The van der Waals surface area contributed by atoms with Gasteiger partial charge in [0.25, 0.3) is 10.1 Å². The minimum absolute atomic E-state index is 0.126. The maximum absolute atomic E-state index is 12.2. The van der Waals surface area contributed by atoms with Gasteiger partial charge in [-0.15, -0.1) is 0 Å². The zero-order valence-electron chi connectivity index (χ0n) is 11.1. The number of benzene rings is 2. The largest absolute Gasteiger partial charge is 0.325 e. The van der Waals surface area contributed by atoms with Gasteiger partial charge in [0.15, 0.2) is 0 Å². The summed E-state index contributed by atoms with van der Waals surface area (Å²) in [6.45, 7) is 1.72. The molecule has 0 aliphatic carbocycles. The molecule has 0 radical (unpaired) electrons. The van der Waals surface area contributed by atoms with Crippen LogP contribution in [-0.4, -0.2) is 14.5 Å². The van der Waals surface area contributed by atoms with Crippen molar-refractivity contribution in [3.63, 3.8) is 0 Å². The first-order valence-electron chi connectivity index (χ1n) is 6.29. The van der Waals surface area contributed by atoms with Crippen LogP contribution in [0.1, 0.15) is 18.6 Å². The summed E-state index contributed by atoms with van der Waals surface area (Å²) in [7, 11) is -3.83. The van der Waals surface area contributed by atoms with Crippen molar-refractivity contribution in [2.24, 2.45) is 5.73 Å². The topological polar surface area (TPSA) is 69.4 Å². The van der Waals surface area contributed by atoms with Gasteiger partial charge in [-0.3, -0.25) is 4.18 Å². The Morgan fingerprint density at radius 1 is 0.950 bits per heavy atom. The third kappa shape index (κ3) is 3.45. The van der Waals surface area contributed by atoms with E-state index in [4.69, 9.17) is 9.92 Å². The third-order valence-corrected chi connectivity index (χ3v) is 4.18. The Labute approximate surface area is 119 Å². The van der Waals surface area contributed by atoms with Gasteiger partial charge in [-0.05, 0) is 24.6 Å². The van der Waals surface area contributed by atoms with E-state index in [0.717, 1.165) is 5.56 Å². The van der Waals surface area contributed by atoms with Crippen LogP contribution in [0.25, 0.3) is 0 Å². The van der Waals surface area contributed by atoms with E-state index in [1.165, 1.54) is 12.1 Å². The van der Waals surface area contributed by atoms with E-state index in [1.807, 2.05) is 18.2 Å². The van der Waals surface area contributed by atoms with Crippen LogP contribution in [0.2, 0.25) is 0 Å². The van der Waals surface area contributed by atoms with Gasteiger partial charge in [0.1, 0.15) is 6.10 Å². The maximum Gasteiger partial charge on any atom is 0.297 e. The van der Waals surface area contributed by atoms with Crippen LogP contribution >= 0.6 is 0 Å². The van der Waals surface area contributed by atoms with E-state index in [2.05, 4.69) is 0 Å². The lowest BCUT2D eigenvalue weighted by molar-refractivity contribution is 0.188. The van der Waals surface area contributed by atoms with E-state index in [0.29, 0.717) is 0 Å². The van der Waals surface area contributed by atoms with Crippen LogP contribution in [0.4, 0.5) is 0 Å². The molecule has 2 N–H and O–H groups in total. The van der Waals surface area contributed by atoms with Crippen molar-refractivity contribution < 1.29 is 12.6 Å². The molecular weight excluding hydrogens is 274 g/mol. The standard InChI is InChI=1S/C15H17NO3S/c1-12(16)15(13-8-4-2-5-9-13)19-20(17,18)14-10-6-3-7-11-14/h2-12,15H,16H2,1H3/t12?,15-/m1/s1. The highest BCUT2D eigenvalue weighted by atomic mass is 32.2. The fraction of sp³-hybridized carbons (Fsp3) is 0.200. The van der Waals surface area contributed by atoms with E-state index in [1.54, 1.807) is 37.3 Å².